The third-order valence-corrected chi connectivity index (χ3v) is 6.19. The molecule has 8 nitrogen and oxygen atoms in total. The maximum Gasteiger partial charge on any atom is 0.252 e. The first kappa shape index (κ1) is 22.4. The van der Waals surface area contributed by atoms with Crippen LogP contribution in [0.4, 0.5) is 5.95 Å². The van der Waals surface area contributed by atoms with E-state index < -0.39 is 0 Å². The van der Waals surface area contributed by atoms with Crippen molar-refractivity contribution in [3.63, 3.8) is 0 Å². The number of aromatic amines is 1. The fourth-order valence-electron chi connectivity index (χ4n) is 4.58. The topological polar surface area (TPSA) is 90.9 Å². The van der Waals surface area contributed by atoms with Crippen LogP contribution in [0.5, 0.6) is 11.5 Å². The van der Waals surface area contributed by atoms with E-state index in [0.29, 0.717) is 31.3 Å². The number of ether oxygens (including phenoxy) is 2. The number of hydrogen-bond acceptors (Lipinski definition) is 7. The van der Waals surface area contributed by atoms with Crippen molar-refractivity contribution in [1.82, 2.24) is 14.9 Å². The van der Waals surface area contributed by atoms with Crippen LogP contribution in [-0.2, 0) is 17.7 Å². The van der Waals surface area contributed by atoms with Crippen LogP contribution in [0.15, 0.2) is 35.6 Å². The van der Waals surface area contributed by atoms with Gasteiger partial charge in [-0.15, -0.1) is 6.58 Å². The molecular weight excluding hydrogens is 408 g/mol. The number of piperidine rings is 1. The molecule has 1 aromatic carbocycles. The van der Waals surface area contributed by atoms with E-state index >= 15 is 0 Å². The number of nitrogens with one attached hydrogen (secondary N) is 1. The van der Waals surface area contributed by atoms with E-state index in [9.17, 15) is 9.90 Å². The van der Waals surface area contributed by atoms with E-state index in [2.05, 4.69) is 21.4 Å². The smallest absolute Gasteiger partial charge is 0.252 e. The normalized spacial score (nSPS) is 19.7. The number of allylic oxidation sites excluding steroid dienone is 1. The van der Waals surface area contributed by atoms with Crippen molar-refractivity contribution in [3.05, 3.63) is 58.0 Å². The maximum absolute atomic E-state index is 12.4. The van der Waals surface area contributed by atoms with Gasteiger partial charge in [-0.2, -0.15) is 0 Å². The van der Waals surface area contributed by atoms with Crippen molar-refractivity contribution in [2.24, 2.45) is 0 Å². The molecule has 4 rings (SSSR count). The lowest BCUT2D eigenvalue weighted by molar-refractivity contribution is 0.122. The van der Waals surface area contributed by atoms with Crippen LogP contribution in [-0.4, -0.2) is 66.5 Å². The molecule has 2 fully saturated rings. The number of anilines is 1. The van der Waals surface area contributed by atoms with Gasteiger partial charge in [0.05, 0.1) is 26.0 Å². The van der Waals surface area contributed by atoms with Crippen LogP contribution >= 0.6 is 0 Å². The molecule has 3 heterocycles. The second kappa shape index (κ2) is 10.2. The summed E-state index contributed by atoms with van der Waals surface area (Å²) in [6.07, 6.45) is 4.41. The maximum atomic E-state index is 12.4. The third-order valence-electron chi connectivity index (χ3n) is 6.19. The summed E-state index contributed by atoms with van der Waals surface area (Å²) in [5, 5.41) is 10.4. The highest BCUT2D eigenvalue weighted by molar-refractivity contribution is 5.49. The molecule has 2 aliphatic rings. The lowest BCUT2D eigenvalue weighted by atomic mass is 9.94. The number of benzene rings is 1. The van der Waals surface area contributed by atoms with Gasteiger partial charge >= 0.3 is 0 Å². The standard InChI is InChI=1S/C24H32N4O4/c1-3-5-18-12-17(13-21(31-2)23(18)30)15-27-7-4-6-19(16-27)20-14-22(29)26-24(25-20)28-8-10-32-11-9-28/h3,12-14,19,30H,1,4-11,15-16H2,2H3,(H,25,26,29). The first-order valence-electron chi connectivity index (χ1n) is 11.2. The van der Waals surface area contributed by atoms with Crippen molar-refractivity contribution < 1.29 is 14.6 Å². The van der Waals surface area contributed by atoms with Gasteiger partial charge in [0.25, 0.3) is 5.56 Å². The minimum Gasteiger partial charge on any atom is -0.504 e. The molecule has 172 valence electrons. The molecular formula is C24H32N4O4. The predicted molar refractivity (Wildman–Crippen MR) is 124 cm³/mol. The summed E-state index contributed by atoms with van der Waals surface area (Å²) >= 11 is 0. The van der Waals surface area contributed by atoms with E-state index in [4.69, 9.17) is 14.5 Å². The zero-order valence-corrected chi connectivity index (χ0v) is 18.7. The van der Waals surface area contributed by atoms with Gasteiger partial charge in [0, 0.05) is 43.7 Å². The second-order valence-corrected chi connectivity index (χ2v) is 8.47. The zero-order chi connectivity index (χ0) is 22.5. The predicted octanol–water partition coefficient (Wildman–Crippen LogP) is 2.43. The number of aromatic nitrogens is 2. The molecule has 1 aromatic heterocycles. The summed E-state index contributed by atoms with van der Waals surface area (Å²) in [6, 6.07) is 5.56. The Morgan fingerprint density at radius 1 is 1.31 bits per heavy atom. The zero-order valence-electron chi connectivity index (χ0n) is 18.7. The van der Waals surface area contributed by atoms with Gasteiger partial charge < -0.3 is 19.5 Å². The molecule has 8 heteroatoms. The Bertz CT molecular complexity index is 1000. The quantitative estimate of drug-likeness (QED) is 0.639. The van der Waals surface area contributed by atoms with Gasteiger partial charge in [0.2, 0.25) is 5.95 Å². The molecule has 1 unspecified atom stereocenters. The molecule has 0 aliphatic carbocycles. The third kappa shape index (κ3) is 5.14. The van der Waals surface area contributed by atoms with Crippen molar-refractivity contribution in [3.8, 4) is 11.5 Å². The van der Waals surface area contributed by atoms with Crippen LogP contribution in [0.1, 0.15) is 35.6 Å². The molecule has 0 amide bonds. The monoisotopic (exact) mass is 440 g/mol. The number of phenolic OH excluding ortho intramolecular Hbond substituents is 1. The number of aromatic hydroxyl groups is 1. The first-order valence-corrected chi connectivity index (χ1v) is 11.2. The number of hydrogen-bond donors (Lipinski definition) is 2. The lowest BCUT2D eigenvalue weighted by Crippen LogP contribution is -2.39. The fourth-order valence-corrected chi connectivity index (χ4v) is 4.58. The largest absolute Gasteiger partial charge is 0.504 e. The van der Waals surface area contributed by atoms with Gasteiger partial charge in [-0.05, 0) is 37.4 Å². The molecule has 0 spiro atoms. The Balaban J connectivity index is 1.51. The fraction of sp³-hybridized carbons (Fsp3) is 0.500. The Kier molecular flexibility index (Phi) is 7.12. The van der Waals surface area contributed by atoms with E-state index in [-0.39, 0.29) is 17.2 Å². The molecule has 0 bridgehead atoms. The van der Waals surface area contributed by atoms with Crippen LogP contribution in [0.2, 0.25) is 0 Å². The average Bonchev–Trinajstić information content (AvgIpc) is 2.81. The first-order chi connectivity index (χ1) is 15.6. The minimum absolute atomic E-state index is 0.106. The molecule has 2 N–H and O–H groups in total. The van der Waals surface area contributed by atoms with Crippen LogP contribution in [0, 0.1) is 0 Å². The summed E-state index contributed by atoms with van der Waals surface area (Å²) in [5.74, 6) is 1.51. The number of methoxy groups -OCH3 is 1. The highest BCUT2D eigenvalue weighted by atomic mass is 16.5. The number of phenols is 1. The van der Waals surface area contributed by atoms with Gasteiger partial charge in [-0.25, -0.2) is 4.98 Å². The Hall–Kier alpha value is -2.84. The SMILES string of the molecule is C=CCc1cc(CN2CCCC(c3cc(=O)[nH]c(N4CCOCC4)n3)C2)cc(OC)c1O. The van der Waals surface area contributed by atoms with Gasteiger partial charge in [-0.3, -0.25) is 14.7 Å². The summed E-state index contributed by atoms with van der Waals surface area (Å²) in [6.45, 7) is 9.11. The summed E-state index contributed by atoms with van der Waals surface area (Å²) in [7, 11) is 1.57. The number of nitrogens with zero attached hydrogens (tertiary/aromatic N) is 3. The van der Waals surface area contributed by atoms with Gasteiger partial charge in [0.15, 0.2) is 11.5 Å². The highest BCUT2D eigenvalue weighted by Gasteiger charge is 2.25. The molecule has 1 atom stereocenters. The molecule has 2 aliphatic heterocycles. The van der Waals surface area contributed by atoms with Crippen molar-refractivity contribution in [2.75, 3.05) is 51.4 Å². The van der Waals surface area contributed by atoms with E-state index in [0.717, 1.165) is 62.4 Å². The van der Waals surface area contributed by atoms with Crippen molar-refractivity contribution in [2.45, 2.75) is 31.7 Å². The summed E-state index contributed by atoms with van der Waals surface area (Å²) < 4.78 is 10.8. The number of rotatable bonds is 7. The summed E-state index contributed by atoms with van der Waals surface area (Å²) in [4.78, 5) is 24.5. The summed E-state index contributed by atoms with van der Waals surface area (Å²) in [5.41, 5.74) is 2.65. The van der Waals surface area contributed by atoms with E-state index in [1.807, 2.05) is 12.1 Å². The van der Waals surface area contributed by atoms with Crippen molar-refractivity contribution >= 4 is 5.95 Å². The Labute approximate surface area is 188 Å². The van der Waals surface area contributed by atoms with E-state index in [1.54, 1.807) is 19.3 Å². The van der Waals surface area contributed by atoms with E-state index in [1.165, 1.54) is 0 Å². The Morgan fingerprint density at radius 3 is 2.88 bits per heavy atom. The molecule has 32 heavy (non-hydrogen) atoms. The Morgan fingerprint density at radius 2 is 2.12 bits per heavy atom. The molecule has 2 aromatic rings. The molecule has 0 saturated carbocycles. The number of H-pyrrole nitrogens is 1. The van der Waals surface area contributed by atoms with Gasteiger partial charge in [-0.1, -0.05) is 12.1 Å². The van der Waals surface area contributed by atoms with Crippen LogP contribution in [0.3, 0.4) is 0 Å². The van der Waals surface area contributed by atoms with Crippen LogP contribution in [0.25, 0.3) is 0 Å². The number of likely N-dealkylation sites (tertiary alicyclic amines) is 1. The van der Waals surface area contributed by atoms with Crippen LogP contribution < -0.4 is 15.2 Å². The highest BCUT2D eigenvalue weighted by Crippen LogP contribution is 2.33. The number of morpholine rings is 1. The van der Waals surface area contributed by atoms with Crippen molar-refractivity contribution in [1.29, 1.82) is 0 Å². The average molecular weight is 441 g/mol. The van der Waals surface area contributed by atoms with Gasteiger partial charge in [0.1, 0.15) is 0 Å². The second-order valence-electron chi connectivity index (χ2n) is 8.47. The minimum atomic E-state index is -0.106. The lowest BCUT2D eigenvalue weighted by Gasteiger charge is -2.33. The molecule has 0 radical (unpaired) electrons. The molecule has 2 saturated heterocycles.